The summed E-state index contributed by atoms with van der Waals surface area (Å²) in [7, 11) is 0. The molecule has 0 N–H and O–H groups in total. The lowest BCUT2D eigenvalue weighted by Crippen LogP contribution is -2.29. The number of para-hydroxylation sites is 2. The van der Waals surface area contributed by atoms with Crippen LogP contribution in [0, 0.1) is 0 Å². The van der Waals surface area contributed by atoms with Crippen LogP contribution in [0.4, 0.5) is 5.69 Å². The number of benzene rings is 6. The van der Waals surface area contributed by atoms with E-state index >= 15 is 0 Å². The highest BCUT2D eigenvalue weighted by Gasteiger charge is 2.37. The number of carbonyl (C=O) groups excluding carboxylic acids is 4. The lowest BCUT2D eigenvalue weighted by Gasteiger charge is -2.16. The van der Waals surface area contributed by atoms with Gasteiger partial charge in [0.1, 0.15) is 0 Å². The summed E-state index contributed by atoms with van der Waals surface area (Å²) in [6, 6.07) is 37.9. The Kier molecular flexibility index (Phi) is 8.23. The summed E-state index contributed by atoms with van der Waals surface area (Å²) in [6.07, 6.45) is 2.18. The van der Waals surface area contributed by atoms with Gasteiger partial charge in [-0.05, 0) is 102 Å². The molecule has 0 fully saturated rings. The van der Waals surface area contributed by atoms with Gasteiger partial charge in [0.05, 0.1) is 38.6 Å². The Labute approximate surface area is 333 Å². The van der Waals surface area contributed by atoms with E-state index in [9.17, 15) is 28.8 Å². The predicted octanol–water partition coefficient (Wildman–Crippen LogP) is 7.96. The SMILES string of the molecule is O=C1C=C(Cc2ccc(Cc3ccc(N4C(=O)c5ccc(-c6nc7ccccc7c(=O)o6)cc5C4=O)cc3)cc2)C(=O)c2cc(-c3nc4ccccc4c(=O)o3)ccc21. The van der Waals surface area contributed by atoms with Crippen LogP contribution < -0.4 is 16.2 Å². The van der Waals surface area contributed by atoms with Crippen molar-refractivity contribution in [1.29, 1.82) is 0 Å². The second-order valence-corrected chi connectivity index (χ2v) is 14.3. The Balaban J connectivity index is 0.819. The number of anilines is 1. The Morgan fingerprint density at radius 1 is 0.475 bits per heavy atom. The van der Waals surface area contributed by atoms with Crippen molar-refractivity contribution in [2.45, 2.75) is 12.8 Å². The molecule has 0 saturated heterocycles. The van der Waals surface area contributed by atoms with Crippen molar-refractivity contribution in [3.05, 3.63) is 205 Å². The molecule has 2 aromatic heterocycles. The van der Waals surface area contributed by atoms with Gasteiger partial charge in [0, 0.05) is 34.2 Å². The van der Waals surface area contributed by atoms with Crippen molar-refractivity contribution in [2.75, 3.05) is 4.90 Å². The Hall–Kier alpha value is -8.18. The molecule has 0 unspecified atom stereocenters. The number of nitrogens with zero attached hydrogens (tertiary/aromatic N) is 3. The summed E-state index contributed by atoms with van der Waals surface area (Å²) in [5.74, 6) is -1.41. The van der Waals surface area contributed by atoms with Crippen LogP contribution in [-0.2, 0) is 12.8 Å². The van der Waals surface area contributed by atoms with Crippen molar-refractivity contribution in [2.24, 2.45) is 0 Å². The van der Waals surface area contributed by atoms with Crippen LogP contribution in [0.1, 0.15) is 58.1 Å². The Morgan fingerprint density at radius 2 is 0.966 bits per heavy atom. The summed E-state index contributed by atoms with van der Waals surface area (Å²) >= 11 is 0. The van der Waals surface area contributed by atoms with Gasteiger partial charge in [0.2, 0.25) is 11.8 Å². The van der Waals surface area contributed by atoms with Crippen LogP contribution in [0.25, 0.3) is 44.7 Å². The second kappa shape index (κ2) is 13.8. The molecule has 6 aromatic carbocycles. The normalized spacial score (nSPS) is 13.6. The first-order chi connectivity index (χ1) is 28.7. The molecule has 282 valence electrons. The smallest absolute Gasteiger partial charge is 0.347 e. The van der Waals surface area contributed by atoms with Gasteiger partial charge in [-0.1, -0.05) is 60.7 Å². The quantitative estimate of drug-likeness (QED) is 0.146. The summed E-state index contributed by atoms with van der Waals surface area (Å²) in [6.45, 7) is 0. The van der Waals surface area contributed by atoms with Crippen LogP contribution in [0.3, 0.4) is 0 Å². The average molecular weight is 774 g/mol. The zero-order valence-corrected chi connectivity index (χ0v) is 30.8. The highest BCUT2D eigenvalue weighted by molar-refractivity contribution is 6.34. The van der Waals surface area contributed by atoms with Gasteiger partial charge < -0.3 is 8.83 Å². The molecule has 0 atom stereocenters. The molecule has 0 radical (unpaired) electrons. The minimum atomic E-state index is -0.547. The molecule has 0 saturated carbocycles. The molecule has 59 heavy (non-hydrogen) atoms. The molecule has 10 rings (SSSR count). The maximum atomic E-state index is 13.7. The van der Waals surface area contributed by atoms with Crippen LogP contribution >= 0.6 is 0 Å². The van der Waals surface area contributed by atoms with E-state index in [0.29, 0.717) is 50.6 Å². The minimum Gasteiger partial charge on any atom is -0.403 e. The molecule has 11 nitrogen and oxygen atoms in total. The standard InChI is InChI=1S/C48H27N3O8/c52-41-25-31(42(53)37-23-29(15-19-33(37)41)43-49-39-7-3-1-5-35(39)47(56)58-43)22-28-11-9-26(10-12-28)21-27-13-17-32(18-14-27)51-45(54)34-20-16-30(24-38(34)46(51)55)44-50-40-8-4-2-6-36(40)48(57)59-44/h1-20,23-25H,21-22H2. The molecule has 0 bridgehead atoms. The number of hydrogen-bond donors (Lipinski definition) is 0. The fraction of sp³-hybridized carbons (Fsp3) is 0.0417. The molecule has 1 aliphatic heterocycles. The molecule has 2 aliphatic rings. The predicted molar refractivity (Wildman–Crippen MR) is 219 cm³/mol. The van der Waals surface area contributed by atoms with Crippen LogP contribution in [0.15, 0.2) is 164 Å². The van der Waals surface area contributed by atoms with Gasteiger partial charge in [0.25, 0.3) is 11.8 Å². The number of imide groups is 1. The first kappa shape index (κ1) is 35.2. The fourth-order valence-electron chi connectivity index (χ4n) is 7.57. The number of aromatic nitrogens is 2. The largest absolute Gasteiger partial charge is 0.403 e. The number of allylic oxidation sites excluding steroid dienone is 2. The van der Waals surface area contributed by atoms with Crippen molar-refractivity contribution in [3.63, 3.8) is 0 Å². The summed E-state index contributed by atoms with van der Waals surface area (Å²) < 4.78 is 10.9. The number of fused-ring (bicyclic) bond motifs is 4. The second-order valence-electron chi connectivity index (χ2n) is 14.3. The van der Waals surface area contributed by atoms with Crippen molar-refractivity contribution in [1.82, 2.24) is 9.97 Å². The number of Topliss-reactive ketones (excluding diaryl/α,β-unsaturated/α-hetero) is 1. The molecular formula is C48H27N3O8. The van der Waals surface area contributed by atoms with E-state index in [-0.39, 0.29) is 52.0 Å². The lowest BCUT2D eigenvalue weighted by atomic mass is 9.85. The number of carbonyl (C=O) groups is 4. The van der Waals surface area contributed by atoms with Gasteiger partial charge in [-0.3, -0.25) is 19.2 Å². The summed E-state index contributed by atoms with van der Waals surface area (Å²) in [5.41, 5.74) is 5.10. The van der Waals surface area contributed by atoms with Crippen LogP contribution in [0.5, 0.6) is 0 Å². The summed E-state index contributed by atoms with van der Waals surface area (Å²) in [5, 5.41) is 0.693. The number of amides is 2. The minimum absolute atomic E-state index is 0.0519. The van der Waals surface area contributed by atoms with Crippen molar-refractivity contribution < 1.29 is 28.0 Å². The highest BCUT2D eigenvalue weighted by Crippen LogP contribution is 2.33. The van der Waals surface area contributed by atoms with Crippen molar-refractivity contribution >= 4 is 50.9 Å². The Bertz CT molecular complexity index is 3290. The van der Waals surface area contributed by atoms with E-state index in [2.05, 4.69) is 9.97 Å². The zero-order valence-electron chi connectivity index (χ0n) is 30.8. The molecule has 0 spiro atoms. The third-order valence-corrected chi connectivity index (χ3v) is 10.6. The molecule has 11 heteroatoms. The zero-order chi connectivity index (χ0) is 40.4. The van der Waals surface area contributed by atoms with E-state index < -0.39 is 23.1 Å². The van der Waals surface area contributed by atoms with E-state index in [1.807, 2.05) is 36.4 Å². The molecule has 8 aromatic rings. The first-order valence-corrected chi connectivity index (χ1v) is 18.6. The molecular weight excluding hydrogens is 747 g/mol. The maximum Gasteiger partial charge on any atom is 0.347 e. The van der Waals surface area contributed by atoms with Crippen molar-refractivity contribution in [3.8, 4) is 22.9 Å². The summed E-state index contributed by atoms with van der Waals surface area (Å²) in [4.78, 5) is 89.0. The topological polar surface area (TPSA) is 158 Å². The third kappa shape index (κ3) is 6.18. The molecule has 1 aliphatic carbocycles. The van der Waals surface area contributed by atoms with E-state index in [0.717, 1.165) is 21.6 Å². The van der Waals surface area contributed by atoms with E-state index in [1.54, 1.807) is 91.0 Å². The van der Waals surface area contributed by atoms with Gasteiger partial charge >= 0.3 is 11.3 Å². The van der Waals surface area contributed by atoms with Gasteiger partial charge in [-0.15, -0.1) is 0 Å². The Morgan fingerprint density at radius 3 is 1.56 bits per heavy atom. The molecule has 3 heterocycles. The number of ketones is 2. The van der Waals surface area contributed by atoms with Gasteiger partial charge in [0.15, 0.2) is 11.6 Å². The highest BCUT2D eigenvalue weighted by atomic mass is 16.4. The van der Waals surface area contributed by atoms with Gasteiger partial charge in [-0.2, -0.15) is 0 Å². The van der Waals surface area contributed by atoms with Gasteiger partial charge in [-0.25, -0.2) is 24.5 Å². The van der Waals surface area contributed by atoms with E-state index in [4.69, 9.17) is 8.83 Å². The number of rotatable bonds is 7. The van der Waals surface area contributed by atoms with Crippen LogP contribution in [-0.4, -0.2) is 33.3 Å². The monoisotopic (exact) mass is 773 g/mol. The number of hydrogen-bond acceptors (Lipinski definition) is 10. The first-order valence-electron chi connectivity index (χ1n) is 18.6. The van der Waals surface area contributed by atoms with E-state index in [1.165, 1.54) is 12.1 Å². The lowest BCUT2D eigenvalue weighted by molar-refractivity contribution is 0.0924. The fourth-order valence-corrected chi connectivity index (χ4v) is 7.57. The molecule has 2 amide bonds. The maximum absolute atomic E-state index is 13.7. The third-order valence-electron chi connectivity index (χ3n) is 10.6. The average Bonchev–Trinajstić information content (AvgIpc) is 3.51. The van der Waals surface area contributed by atoms with Crippen LogP contribution in [0.2, 0.25) is 0 Å².